The molecule has 0 spiro atoms. The van der Waals surface area contributed by atoms with Crippen molar-refractivity contribution in [2.45, 2.75) is 58.2 Å². The van der Waals surface area contributed by atoms with Crippen molar-refractivity contribution in [2.75, 3.05) is 26.7 Å². The van der Waals surface area contributed by atoms with Gasteiger partial charge in [0.2, 0.25) is 11.8 Å². The number of aryl methyl sites for hydroxylation is 1. The van der Waals surface area contributed by atoms with E-state index >= 15 is 0 Å². The van der Waals surface area contributed by atoms with Crippen LogP contribution in [-0.4, -0.2) is 82.5 Å². The number of aromatic nitrogens is 1. The number of rotatable bonds is 9. The van der Waals surface area contributed by atoms with E-state index in [-0.39, 0.29) is 30.7 Å². The van der Waals surface area contributed by atoms with Crippen LogP contribution in [0.5, 0.6) is 5.75 Å². The van der Waals surface area contributed by atoms with Gasteiger partial charge in [-0.15, -0.1) is 11.3 Å². The maximum Gasteiger partial charge on any atom is 0.254 e. The van der Waals surface area contributed by atoms with Crippen molar-refractivity contribution < 1.29 is 24.2 Å². The number of carbonyl (C=O) groups is 3. The molecule has 39 heavy (non-hydrogen) atoms. The lowest BCUT2D eigenvalue weighted by Gasteiger charge is -2.31. The van der Waals surface area contributed by atoms with Gasteiger partial charge in [0.25, 0.3) is 5.91 Å². The Morgan fingerprint density at radius 3 is 2.74 bits per heavy atom. The number of likely N-dealkylation sites (N-methyl/N-ethyl adjacent to an activating group) is 1. The molecule has 2 aliphatic rings. The number of likely N-dealkylation sites (tertiary alicyclic amines) is 1. The summed E-state index contributed by atoms with van der Waals surface area (Å²) in [6, 6.07) is 5.19. The number of nitrogens with zero attached hydrogens (tertiary/aromatic N) is 3. The zero-order valence-corrected chi connectivity index (χ0v) is 23.7. The first kappa shape index (κ1) is 28.5. The summed E-state index contributed by atoms with van der Waals surface area (Å²) in [6.07, 6.45) is 5.18. The molecule has 4 rings (SSSR count). The third-order valence-electron chi connectivity index (χ3n) is 7.28. The summed E-state index contributed by atoms with van der Waals surface area (Å²) >= 11 is 1.63. The fourth-order valence-corrected chi connectivity index (χ4v) is 5.78. The lowest BCUT2D eigenvalue weighted by Crippen LogP contribution is -2.53. The highest BCUT2D eigenvalue weighted by atomic mass is 32.1. The van der Waals surface area contributed by atoms with E-state index < -0.39 is 18.2 Å². The number of ether oxygens (including phenoxy) is 1. The van der Waals surface area contributed by atoms with E-state index in [2.05, 4.69) is 16.4 Å². The molecular weight excluding hydrogens is 516 g/mol. The van der Waals surface area contributed by atoms with Gasteiger partial charge in [-0.25, -0.2) is 4.98 Å². The monoisotopic (exact) mass is 552 g/mol. The van der Waals surface area contributed by atoms with Crippen LogP contribution in [0.25, 0.3) is 5.57 Å². The van der Waals surface area contributed by atoms with Gasteiger partial charge in [-0.05, 0) is 57.4 Å². The molecule has 1 fully saturated rings. The molecule has 2 aromatic rings. The minimum atomic E-state index is -0.825. The van der Waals surface area contributed by atoms with Crippen LogP contribution in [0.4, 0.5) is 0 Å². The molecule has 0 saturated carbocycles. The van der Waals surface area contributed by atoms with Crippen molar-refractivity contribution in [3.63, 3.8) is 0 Å². The summed E-state index contributed by atoms with van der Waals surface area (Å²) in [5.74, 6) is -0.440. The first-order valence-electron chi connectivity index (χ1n) is 13.2. The second-order valence-corrected chi connectivity index (χ2v) is 10.8. The maximum atomic E-state index is 13.4. The summed E-state index contributed by atoms with van der Waals surface area (Å²) in [5.41, 5.74) is 5.63. The molecule has 3 amide bonds. The molecule has 208 valence electrons. The molecule has 3 atom stereocenters. The topological polar surface area (TPSA) is 112 Å². The number of amides is 3. The van der Waals surface area contributed by atoms with Gasteiger partial charge in [0.15, 0.2) is 0 Å². The smallest absolute Gasteiger partial charge is 0.254 e. The Balaban J connectivity index is 1.37. The van der Waals surface area contributed by atoms with E-state index in [1.165, 1.54) is 20.3 Å². The molecule has 10 heteroatoms. The van der Waals surface area contributed by atoms with Crippen molar-refractivity contribution >= 4 is 34.6 Å². The number of carbonyl (C=O) groups excluding carboxylic acids is 3. The molecule has 1 aromatic heterocycles. The van der Waals surface area contributed by atoms with Crippen LogP contribution in [0, 0.1) is 6.92 Å². The Labute approximate surface area is 233 Å². The Hall–Kier alpha value is -3.50. The van der Waals surface area contributed by atoms with Gasteiger partial charge < -0.3 is 25.0 Å². The second-order valence-electron chi connectivity index (χ2n) is 9.95. The maximum absolute atomic E-state index is 13.4. The van der Waals surface area contributed by atoms with Gasteiger partial charge in [0, 0.05) is 32.1 Å². The fourth-order valence-electron chi connectivity index (χ4n) is 4.92. The highest BCUT2D eigenvalue weighted by Crippen LogP contribution is 2.31. The molecular formula is C29H36N4O5S. The van der Waals surface area contributed by atoms with E-state index in [1.807, 2.05) is 25.4 Å². The van der Waals surface area contributed by atoms with E-state index in [0.717, 1.165) is 24.1 Å². The first-order valence-corrected chi connectivity index (χ1v) is 14.1. The summed E-state index contributed by atoms with van der Waals surface area (Å²) in [5, 5.41) is 13.3. The van der Waals surface area contributed by atoms with Crippen LogP contribution < -0.4 is 10.1 Å². The van der Waals surface area contributed by atoms with Crippen LogP contribution in [0.2, 0.25) is 0 Å². The van der Waals surface area contributed by atoms with Crippen molar-refractivity contribution in [1.29, 1.82) is 0 Å². The van der Waals surface area contributed by atoms with E-state index in [9.17, 15) is 19.5 Å². The lowest BCUT2D eigenvalue weighted by molar-refractivity contribution is -0.141. The van der Waals surface area contributed by atoms with Gasteiger partial charge in [0.05, 0.1) is 28.8 Å². The summed E-state index contributed by atoms with van der Waals surface area (Å²) in [6.45, 7) is 6.40. The summed E-state index contributed by atoms with van der Waals surface area (Å²) < 4.78 is 5.48. The zero-order valence-electron chi connectivity index (χ0n) is 22.8. The number of allylic oxidation sites excluding steroid dienone is 3. The number of nitrogens with one attached hydrogen (secondary N) is 1. The van der Waals surface area contributed by atoms with Crippen LogP contribution in [-0.2, 0) is 9.59 Å². The molecule has 9 nitrogen and oxygen atoms in total. The predicted molar refractivity (Wildman–Crippen MR) is 150 cm³/mol. The Kier molecular flexibility index (Phi) is 9.19. The van der Waals surface area contributed by atoms with Crippen molar-refractivity contribution in [3.05, 3.63) is 63.6 Å². The Morgan fingerprint density at radius 2 is 2.08 bits per heavy atom. The molecule has 1 aliphatic carbocycles. The second kappa shape index (κ2) is 12.6. The molecule has 1 aliphatic heterocycles. The lowest BCUT2D eigenvalue weighted by atomic mass is 9.96. The molecule has 0 unspecified atom stereocenters. The predicted octanol–water partition coefficient (Wildman–Crippen LogP) is 3.19. The fraction of sp³-hybridized carbons (Fsp3) is 0.448. The highest BCUT2D eigenvalue weighted by molar-refractivity contribution is 7.10. The molecule has 2 heterocycles. The average Bonchev–Trinajstić information content (AvgIpc) is 3.56. The summed E-state index contributed by atoms with van der Waals surface area (Å²) in [4.78, 5) is 47.9. The third-order valence-corrected chi connectivity index (χ3v) is 8.28. The summed E-state index contributed by atoms with van der Waals surface area (Å²) in [7, 11) is 1.56. The molecule has 0 radical (unpaired) electrons. The number of hydrogen-bond donors (Lipinski definition) is 2. The number of aliphatic hydroxyl groups is 1. The Morgan fingerprint density at radius 1 is 1.28 bits per heavy atom. The van der Waals surface area contributed by atoms with Crippen LogP contribution in [0.15, 0.2) is 47.5 Å². The minimum Gasteiger partial charge on any atom is -0.494 e. The van der Waals surface area contributed by atoms with E-state index in [1.54, 1.807) is 49.6 Å². The minimum absolute atomic E-state index is 0.0477. The quantitative estimate of drug-likeness (QED) is 0.494. The molecule has 1 saturated heterocycles. The SMILES string of the molecule is CCOc1cccc(C(=O)N(C)[C@@H](C)C(=O)N2C[C@H](O)C[C@H]2C(=O)NCC2=CC=C(c3scnc3C)CC2)c1. The van der Waals surface area contributed by atoms with Crippen LogP contribution in [0.1, 0.15) is 54.0 Å². The molecule has 0 bridgehead atoms. The van der Waals surface area contributed by atoms with E-state index in [0.29, 0.717) is 24.5 Å². The van der Waals surface area contributed by atoms with Crippen LogP contribution in [0.3, 0.4) is 0 Å². The zero-order chi connectivity index (χ0) is 28.1. The van der Waals surface area contributed by atoms with Crippen LogP contribution >= 0.6 is 11.3 Å². The van der Waals surface area contributed by atoms with E-state index in [4.69, 9.17) is 4.74 Å². The highest BCUT2D eigenvalue weighted by Gasteiger charge is 2.41. The number of thiazole rings is 1. The van der Waals surface area contributed by atoms with Gasteiger partial charge in [-0.1, -0.05) is 23.8 Å². The number of benzene rings is 1. The number of aliphatic hydroxyl groups excluding tert-OH is 1. The Bertz CT molecular complexity index is 1290. The third kappa shape index (κ3) is 6.57. The van der Waals surface area contributed by atoms with Gasteiger partial charge in [0.1, 0.15) is 17.8 Å². The van der Waals surface area contributed by atoms with Gasteiger partial charge in [-0.2, -0.15) is 0 Å². The number of hydrogen-bond acceptors (Lipinski definition) is 7. The van der Waals surface area contributed by atoms with Gasteiger partial charge in [-0.3, -0.25) is 14.4 Å². The standard InChI is InChI=1S/C29H36N4O5S/c1-5-38-24-8-6-7-22(13-24)29(37)32(4)19(3)28(36)33-16-23(34)14-25(33)27(35)30-15-20-9-11-21(12-10-20)26-18(2)31-17-39-26/h6-9,11,13,17,19,23,25,34H,5,10,12,14-16H2,1-4H3,(H,30,35)/t19-,23+,25-/m0/s1. The van der Waals surface area contributed by atoms with Gasteiger partial charge >= 0.3 is 0 Å². The van der Waals surface area contributed by atoms with Crippen molar-refractivity contribution in [2.24, 2.45) is 0 Å². The largest absolute Gasteiger partial charge is 0.494 e. The van der Waals surface area contributed by atoms with Crippen molar-refractivity contribution in [1.82, 2.24) is 20.1 Å². The normalized spacial score (nSPS) is 19.7. The molecule has 1 aromatic carbocycles. The average molecular weight is 553 g/mol. The van der Waals surface area contributed by atoms with Crippen molar-refractivity contribution in [3.8, 4) is 5.75 Å². The number of β-amino-alcohol motifs (C(OH)–C–C–N with tert-alkyl or cyclic N) is 1. The first-order chi connectivity index (χ1) is 18.7. The molecule has 2 N–H and O–H groups in total.